The third kappa shape index (κ3) is 4.95. The summed E-state index contributed by atoms with van der Waals surface area (Å²) in [4.78, 5) is 13.8. The first-order chi connectivity index (χ1) is 9.38. The first kappa shape index (κ1) is 18.4. The van der Waals surface area contributed by atoms with Crippen LogP contribution < -0.4 is 5.73 Å². The maximum Gasteiger partial charge on any atom is 0.238 e. The average Bonchev–Trinajstić information content (AvgIpc) is 2.38. The van der Waals surface area contributed by atoms with Gasteiger partial charge in [0.15, 0.2) is 9.84 Å². The summed E-state index contributed by atoms with van der Waals surface area (Å²) in [6.07, 6.45) is 1.70. The van der Waals surface area contributed by atoms with Gasteiger partial charge in [0.05, 0.1) is 4.90 Å². The van der Waals surface area contributed by atoms with E-state index in [0.29, 0.717) is 17.6 Å². The van der Waals surface area contributed by atoms with E-state index in [1.165, 1.54) is 12.1 Å². The summed E-state index contributed by atoms with van der Waals surface area (Å²) in [5.41, 5.74) is 5.81. The lowest BCUT2D eigenvalue weighted by atomic mass is 10.1. The summed E-state index contributed by atoms with van der Waals surface area (Å²) >= 11 is 3.23. The Hall–Kier alpha value is -0.630. The SMILES string of the molecule is Cl.N[C@H]1CCCN(C(=O)CS(=O)(=O)c2cccc(Br)c2)C1. The van der Waals surface area contributed by atoms with Crippen molar-refractivity contribution in [3.8, 4) is 0 Å². The molecular weight excluding hydrogens is 380 g/mol. The number of likely N-dealkylation sites (tertiary alicyclic amines) is 1. The average molecular weight is 398 g/mol. The first-order valence-corrected chi connectivity index (χ1v) is 8.85. The number of hydrogen-bond acceptors (Lipinski definition) is 4. The van der Waals surface area contributed by atoms with Gasteiger partial charge < -0.3 is 10.6 Å². The number of nitrogens with two attached hydrogens (primary N) is 1. The molecular formula is C13H18BrClN2O3S. The van der Waals surface area contributed by atoms with Gasteiger partial charge in [0, 0.05) is 23.6 Å². The zero-order chi connectivity index (χ0) is 14.8. The monoisotopic (exact) mass is 396 g/mol. The number of amides is 1. The largest absolute Gasteiger partial charge is 0.340 e. The van der Waals surface area contributed by atoms with E-state index in [1.54, 1.807) is 17.0 Å². The Morgan fingerprint density at radius 2 is 2.14 bits per heavy atom. The molecule has 2 N–H and O–H groups in total. The Morgan fingerprint density at radius 1 is 1.43 bits per heavy atom. The van der Waals surface area contributed by atoms with Crippen molar-refractivity contribution in [3.63, 3.8) is 0 Å². The van der Waals surface area contributed by atoms with Crippen LogP contribution >= 0.6 is 28.3 Å². The van der Waals surface area contributed by atoms with E-state index in [1.807, 2.05) is 0 Å². The molecule has 1 aromatic rings. The van der Waals surface area contributed by atoms with Gasteiger partial charge in [0.25, 0.3) is 0 Å². The fourth-order valence-electron chi connectivity index (χ4n) is 2.23. The molecule has 0 bridgehead atoms. The van der Waals surface area contributed by atoms with Crippen molar-refractivity contribution in [2.45, 2.75) is 23.8 Å². The van der Waals surface area contributed by atoms with Gasteiger partial charge in [-0.3, -0.25) is 4.79 Å². The highest BCUT2D eigenvalue weighted by Gasteiger charge is 2.26. The van der Waals surface area contributed by atoms with Crippen LogP contribution in [0.5, 0.6) is 0 Å². The Morgan fingerprint density at radius 3 is 2.76 bits per heavy atom. The molecule has 118 valence electrons. The number of rotatable bonds is 3. The minimum Gasteiger partial charge on any atom is -0.340 e. The zero-order valence-corrected chi connectivity index (χ0v) is 14.6. The van der Waals surface area contributed by atoms with E-state index in [9.17, 15) is 13.2 Å². The molecule has 21 heavy (non-hydrogen) atoms. The van der Waals surface area contributed by atoms with Crippen molar-refractivity contribution >= 4 is 44.1 Å². The number of hydrogen-bond donors (Lipinski definition) is 1. The fourth-order valence-corrected chi connectivity index (χ4v) is 4.05. The van der Waals surface area contributed by atoms with Gasteiger partial charge in [-0.2, -0.15) is 0 Å². The molecule has 2 rings (SSSR count). The first-order valence-electron chi connectivity index (χ1n) is 6.40. The molecule has 1 aliphatic heterocycles. The second-order valence-electron chi connectivity index (χ2n) is 4.96. The molecule has 8 heteroatoms. The molecule has 0 spiro atoms. The summed E-state index contributed by atoms with van der Waals surface area (Å²) in [5, 5.41) is 0. The van der Waals surface area contributed by atoms with Crippen molar-refractivity contribution in [3.05, 3.63) is 28.7 Å². The van der Waals surface area contributed by atoms with Gasteiger partial charge >= 0.3 is 0 Å². The Labute approximate surface area is 139 Å². The van der Waals surface area contributed by atoms with Crippen LogP contribution in [0.1, 0.15) is 12.8 Å². The van der Waals surface area contributed by atoms with Gasteiger partial charge in [0.1, 0.15) is 5.75 Å². The van der Waals surface area contributed by atoms with E-state index >= 15 is 0 Å². The standard InChI is InChI=1S/C13H17BrN2O3S.ClH/c14-10-3-1-5-12(7-10)20(18,19)9-13(17)16-6-2-4-11(15)8-16;/h1,3,5,7,11H,2,4,6,8-9,15H2;1H/t11-;/m0./s1. The topological polar surface area (TPSA) is 80.5 Å². The summed E-state index contributed by atoms with van der Waals surface area (Å²) in [6.45, 7) is 1.02. The minimum atomic E-state index is -3.61. The highest BCUT2D eigenvalue weighted by atomic mass is 79.9. The molecule has 5 nitrogen and oxygen atoms in total. The number of sulfone groups is 1. The summed E-state index contributed by atoms with van der Waals surface area (Å²) in [5.74, 6) is -0.879. The van der Waals surface area contributed by atoms with E-state index < -0.39 is 15.6 Å². The van der Waals surface area contributed by atoms with Crippen LogP contribution in [-0.2, 0) is 14.6 Å². The molecule has 1 heterocycles. The van der Waals surface area contributed by atoms with Crippen LogP contribution in [0.4, 0.5) is 0 Å². The molecule has 1 amide bonds. The van der Waals surface area contributed by atoms with Gasteiger partial charge in [-0.15, -0.1) is 12.4 Å². The van der Waals surface area contributed by atoms with Gasteiger partial charge in [-0.05, 0) is 31.0 Å². The molecule has 1 aromatic carbocycles. The Balaban J connectivity index is 0.00000220. The van der Waals surface area contributed by atoms with E-state index in [4.69, 9.17) is 5.73 Å². The van der Waals surface area contributed by atoms with Crippen LogP contribution in [-0.4, -0.2) is 44.1 Å². The van der Waals surface area contributed by atoms with Crippen LogP contribution in [0.15, 0.2) is 33.6 Å². The molecule has 1 atom stereocenters. The van der Waals surface area contributed by atoms with Crippen molar-refractivity contribution < 1.29 is 13.2 Å². The highest BCUT2D eigenvalue weighted by molar-refractivity contribution is 9.10. The summed E-state index contributed by atoms with van der Waals surface area (Å²) in [6, 6.07) is 6.32. The lowest BCUT2D eigenvalue weighted by Gasteiger charge is -2.30. The van der Waals surface area contributed by atoms with Crippen LogP contribution in [0.25, 0.3) is 0 Å². The number of benzene rings is 1. The van der Waals surface area contributed by atoms with Gasteiger partial charge in [-0.1, -0.05) is 22.0 Å². The molecule has 0 aromatic heterocycles. The Kier molecular flexibility index (Phi) is 6.65. The highest BCUT2D eigenvalue weighted by Crippen LogP contribution is 2.18. The number of piperidine rings is 1. The Bertz CT molecular complexity index is 609. The summed E-state index contributed by atoms with van der Waals surface area (Å²) in [7, 11) is -3.61. The van der Waals surface area contributed by atoms with Crippen molar-refractivity contribution in [1.82, 2.24) is 4.90 Å². The van der Waals surface area contributed by atoms with Crippen molar-refractivity contribution in [2.24, 2.45) is 5.73 Å². The van der Waals surface area contributed by atoms with Crippen LogP contribution in [0, 0.1) is 0 Å². The normalized spacial score (nSPS) is 19.0. The van der Waals surface area contributed by atoms with Crippen LogP contribution in [0.2, 0.25) is 0 Å². The summed E-state index contributed by atoms with van der Waals surface area (Å²) < 4.78 is 25.1. The molecule has 0 saturated carbocycles. The molecule has 1 fully saturated rings. The number of nitrogens with zero attached hydrogens (tertiary/aromatic N) is 1. The predicted molar refractivity (Wildman–Crippen MR) is 87.2 cm³/mol. The zero-order valence-electron chi connectivity index (χ0n) is 11.4. The minimum absolute atomic E-state index is 0. The predicted octanol–water partition coefficient (Wildman–Crippen LogP) is 1.59. The number of carbonyl (C=O) groups excluding carboxylic acids is 1. The molecule has 1 aliphatic rings. The second-order valence-corrected chi connectivity index (χ2v) is 7.86. The fraction of sp³-hybridized carbons (Fsp3) is 0.462. The molecule has 0 aliphatic carbocycles. The molecule has 1 saturated heterocycles. The molecule has 0 unspecified atom stereocenters. The molecule has 0 radical (unpaired) electrons. The van der Waals surface area contributed by atoms with E-state index in [-0.39, 0.29) is 29.3 Å². The van der Waals surface area contributed by atoms with Gasteiger partial charge in [-0.25, -0.2) is 8.42 Å². The smallest absolute Gasteiger partial charge is 0.238 e. The van der Waals surface area contributed by atoms with Crippen molar-refractivity contribution in [1.29, 1.82) is 0 Å². The van der Waals surface area contributed by atoms with Crippen LogP contribution in [0.3, 0.4) is 0 Å². The maximum atomic E-state index is 12.2. The second kappa shape index (κ2) is 7.58. The van der Waals surface area contributed by atoms with E-state index in [2.05, 4.69) is 15.9 Å². The third-order valence-electron chi connectivity index (χ3n) is 3.28. The third-order valence-corrected chi connectivity index (χ3v) is 5.37. The van der Waals surface area contributed by atoms with Crippen molar-refractivity contribution in [2.75, 3.05) is 18.8 Å². The van der Waals surface area contributed by atoms with E-state index in [0.717, 1.165) is 12.8 Å². The quantitative estimate of drug-likeness (QED) is 0.840. The van der Waals surface area contributed by atoms with Gasteiger partial charge in [0.2, 0.25) is 5.91 Å². The maximum absolute atomic E-state index is 12.2. The lowest BCUT2D eigenvalue weighted by molar-refractivity contribution is -0.129. The number of halogens is 2. The number of carbonyl (C=O) groups is 1. The lowest BCUT2D eigenvalue weighted by Crippen LogP contribution is -2.47.